The molecular formula is C12H17F3O. The maximum Gasteiger partial charge on any atom is 0.387 e. The van der Waals surface area contributed by atoms with Gasteiger partial charge in [-0.2, -0.15) is 8.78 Å². The molecule has 0 heterocycles. The third-order valence-electron chi connectivity index (χ3n) is 1.84. The highest BCUT2D eigenvalue weighted by molar-refractivity contribution is 5.31. The molecule has 0 aliphatic rings. The Balaban J connectivity index is 0.00000106. The first-order valence-electron chi connectivity index (χ1n) is 5.25. The monoisotopic (exact) mass is 234 g/mol. The summed E-state index contributed by atoms with van der Waals surface area (Å²) < 4.78 is 40.7. The van der Waals surface area contributed by atoms with E-state index in [4.69, 9.17) is 0 Å². The van der Waals surface area contributed by atoms with Gasteiger partial charge in [0.15, 0.2) is 11.6 Å². The molecule has 4 heteroatoms. The largest absolute Gasteiger partial charge is 0.432 e. The van der Waals surface area contributed by atoms with Crippen LogP contribution >= 0.6 is 0 Å². The molecule has 0 aliphatic carbocycles. The zero-order valence-electron chi connectivity index (χ0n) is 9.93. The van der Waals surface area contributed by atoms with Gasteiger partial charge in [-0.05, 0) is 23.6 Å². The second-order valence-electron chi connectivity index (χ2n) is 3.22. The van der Waals surface area contributed by atoms with Gasteiger partial charge in [-0.1, -0.05) is 33.8 Å². The van der Waals surface area contributed by atoms with Crippen LogP contribution in [0.2, 0.25) is 0 Å². The van der Waals surface area contributed by atoms with E-state index in [0.29, 0.717) is 0 Å². The molecule has 1 aromatic carbocycles. The fourth-order valence-corrected chi connectivity index (χ4v) is 1.07. The van der Waals surface area contributed by atoms with Crippen molar-refractivity contribution in [3.63, 3.8) is 0 Å². The average molecular weight is 234 g/mol. The van der Waals surface area contributed by atoms with Gasteiger partial charge in [0.1, 0.15) is 0 Å². The SMILES string of the molecule is CC.CC(C)c1ccc(F)c(OC(F)F)c1. The van der Waals surface area contributed by atoms with Crippen LogP contribution in [0.15, 0.2) is 18.2 Å². The highest BCUT2D eigenvalue weighted by Gasteiger charge is 2.11. The predicted octanol–water partition coefficient (Wildman–Crippen LogP) is 4.58. The number of halogens is 3. The molecule has 0 fully saturated rings. The summed E-state index contributed by atoms with van der Waals surface area (Å²) in [6.07, 6.45) is 0. The predicted molar refractivity (Wildman–Crippen MR) is 58.5 cm³/mol. The van der Waals surface area contributed by atoms with Crippen LogP contribution in [0.3, 0.4) is 0 Å². The van der Waals surface area contributed by atoms with Gasteiger partial charge < -0.3 is 4.74 Å². The van der Waals surface area contributed by atoms with E-state index in [1.165, 1.54) is 6.07 Å². The van der Waals surface area contributed by atoms with Gasteiger partial charge in [0.05, 0.1) is 0 Å². The summed E-state index contributed by atoms with van der Waals surface area (Å²) >= 11 is 0. The zero-order valence-corrected chi connectivity index (χ0v) is 9.93. The second-order valence-corrected chi connectivity index (χ2v) is 3.22. The minimum atomic E-state index is -2.99. The van der Waals surface area contributed by atoms with Gasteiger partial charge in [-0.3, -0.25) is 0 Å². The van der Waals surface area contributed by atoms with Crippen molar-refractivity contribution >= 4 is 0 Å². The standard InChI is InChI=1S/C10H11F3O.C2H6/c1-6(2)7-3-4-8(11)9(5-7)14-10(12)13;1-2/h3-6,10H,1-2H3;1-2H3. The van der Waals surface area contributed by atoms with Gasteiger partial charge in [0.2, 0.25) is 0 Å². The lowest BCUT2D eigenvalue weighted by Crippen LogP contribution is -2.04. The molecule has 0 bridgehead atoms. The third kappa shape index (κ3) is 4.55. The Morgan fingerprint density at radius 3 is 2.12 bits per heavy atom. The van der Waals surface area contributed by atoms with Crippen molar-refractivity contribution in [3.05, 3.63) is 29.6 Å². The summed E-state index contributed by atoms with van der Waals surface area (Å²) in [6.45, 7) is 4.78. The molecule has 0 atom stereocenters. The smallest absolute Gasteiger partial charge is 0.387 e. The van der Waals surface area contributed by atoms with Gasteiger partial charge in [0.25, 0.3) is 0 Å². The van der Waals surface area contributed by atoms with Gasteiger partial charge in [-0.25, -0.2) is 4.39 Å². The molecule has 16 heavy (non-hydrogen) atoms. The van der Waals surface area contributed by atoms with Crippen LogP contribution in [0.1, 0.15) is 39.2 Å². The fourth-order valence-electron chi connectivity index (χ4n) is 1.07. The number of hydrogen-bond donors (Lipinski definition) is 0. The average Bonchev–Trinajstić information content (AvgIpc) is 2.23. The number of benzene rings is 1. The Labute approximate surface area is 94.2 Å². The van der Waals surface area contributed by atoms with E-state index in [0.717, 1.165) is 11.6 Å². The van der Waals surface area contributed by atoms with E-state index < -0.39 is 18.2 Å². The molecular weight excluding hydrogens is 217 g/mol. The van der Waals surface area contributed by atoms with E-state index in [1.54, 1.807) is 6.07 Å². The molecule has 0 spiro atoms. The molecule has 0 amide bonds. The molecule has 92 valence electrons. The second kappa shape index (κ2) is 7.14. The molecule has 1 rings (SSSR count). The maximum absolute atomic E-state index is 12.9. The summed E-state index contributed by atoms with van der Waals surface area (Å²) in [5.74, 6) is -1.02. The van der Waals surface area contributed by atoms with Crippen LogP contribution in [0.5, 0.6) is 5.75 Å². The molecule has 1 aromatic rings. The lowest BCUT2D eigenvalue weighted by molar-refractivity contribution is -0.0522. The summed E-state index contributed by atoms with van der Waals surface area (Å²) in [7, 11) is 0. The van der Waals surface area contributed by atoms with Crippen LogP contribution in [0, 0.1) is 5.82 Å². The van der Waals surface area contributed by atoms with Gasteiger partial charge in [0, 0.05) is 0 Å². The molecule has 1 nitrogen and oxygen atoms in total. The van der Waals surface area contributed by atoms with E-state index in [-0.39, 0.29) is 5.92 Å². The number of hydrogen-bond acceptors (Lipinski definition) is 1. The Hall–Kier alpha value is -1.19. The number of alkyl halides is 2. The first-order valence-corrected chi connectivity index (χ1v) is 5.25. The first-order chi connectivity index (χ1) is 7.50. The quantitative estimate of drug-likeness (QED) is 0.744. The van der Waals surface area contributed by atoms with Crippen LogP contribution in [-0.4, -0.2) is 6.61 Å². The summed E-state index contributed by atoms with van der Waals surface area (Å²) in [6, 6.07) is 3.98. The topological polar surface area (TPSA) is 9.23 Å². The van der Waals surface area contributed by atoms with Crippen molar-refractivity contribution in [2.75, 3.05) is 0 Å². The first kappa shape index (κ1) is 14.8. The molecule has 0 N–H and O–H groups in total. The molecule has 0 radical (unpaired) electrons. The van der Waals surface area contributed by atoms with E-state index >= 15 is 0 Å². The normalized spacial score (nSPS) is 10.1. The third-order valence-corrected chi connectivity index (χ3v) is 1.84. The Morgan fingerprint density at radius 2 is 1.69 bits per heavy atom. The molecule has 0 aliphatic heterocycles. The Bertz CT molecular complexity index is 311. The summed E-state index contributed by atoms with van der Waals surface area (Å²) in [4.78, 5) is 0. The van der Waals surface area contributed by atoms with Crippen molar-refractivity contribution in [2.24, 2.45) is 0 Å². The lowest BCUT2D eigenvalue weighted by Gasteiger charge is -2.09. The molecule has 0 aromatic heterocycles. The molecule has 0 saturated heterocycles. The Kier molecular flexibility index (Phi) is 6.61. The maximum atomic E-state index is 12.9. The highest BCUT2D eigenvalue weighted by Crippen LogP contribution is 2.24. The Morgan fingerprint density at radius 1 is 1.12 bits per heavy atom. The number of rotatable bonds is 3. The van der Waals surface area contributed by atoms with Crippen molar-refractivity contribution in [1.29, 1.82) is 0 Å². The van der Waals surface area contributed by atoms with Crippen LogP contribution in [-0.2, 0) is 0 Å². The summed E-state index contributed by atoms with van der Waals surface area (Å²) in [5, 5.41) is 0. The fraction of sp³-hybridized carbons (Fsp3) is 0.500. The lowest BCUT2D eigenvalue weighted by atomic mass is 10.0. The van der Waals surface area contributed by atoms with E-state index in [1.807, 2.05) is 27.7 Å². The molecule has 0 unspecified atom stereocenters. The van der Waals surface area contributed by atoms with Crippen molar-refractivity contribution in [1.82, 2.24) is 0 Å². The zero-order chi connectivity index (χ0) is 12.7. The van der Waals surface area contributed by atoms with Gasteiger partial charge >= 0.3 is 6.61 Å². The van der Waals surface area contributed by atoms with Crippen LogP contribution in [0.4, 0.5) is 13.2 Å². The number of ether oxygens (including phenoxy) is 1. The highest BCUT2D eigenvalue weighted by atomic mass is 19.3. The minimum Gasteiger partial charge on any atom is -0.432 e. The van der Waals surface area contributed by atoms with E-state index in [2.05, 4.69) is 4.74 Å². The minimum absolute atomic E-state index is 0.149. The van der Waals surface area contributed by atoms with Gasteiger partial charge in [-0.15, -0.1) is 0 Å². The van der Waals surface area contributed by atoms with E-state index in [9.17, 15) is 13.2 Å². The van der Waals surface area contributed by atoms with Crippen LogP contribution in [0.25, 0.3) is 0 Å². The van der Waals surface area contributed by atoms with Crippen molar-refractivity contribution in [3.8, 4) is 5.75 Å². The summed E-state index contributed by atoms with van der Waals surface area (Å²) in [5.41, 5.74) is 0.766. The van der Waals surface area contributed by atoms with Crippen LogP contribution < -0.4 is 4.74 Å². The molecule has 0 saturated carbocycles. The van der Waals surface area contributed by atoms with Crippen molar-refractivity contribution in [2.45, 2.75) is 40.2 Å². The van der Waals surface area contributed by atoms with Crippen molar-refractivity contribution < 1.29 is 17.9 Å².